The van der Waals surface area contributed by atoms with E-state index in [0.29, 0.717) is 0 Å². The topological polar surface area (TPSA) is 77.8 Å². The van der Waals surface area contributed by atoms with Crippen LogP contribution in [-0.2, 0) is 4.57 Å². The van der Waals surface area contributed by atoms with Crippen molar-refractivity contribution in [2.75, 3.05) is 52.4 Å². The minimum absolute atomic E-state index is 1.35. The van der Waals surface area contributed by atoms with Gasteiger partial charge in [0, 0.05) is 0 Å². The van der Waals surface area contributed by atoms with Crippen LogP contribution in [0.2, 0.25) is 0 Å². The van der Waals surface area contributed by atoms with Gasteiger partial charge in [-0.1, -0.05) is 107 Å². The number of hydrogen-bond acceptors (Lipinski definition) is 1. The second-order valence-corrected chi connectivity index (χ2v) is 12.8. The smallest absolute Gasteiger partial charge is 0.324 e. The highest BCUT2D eigenvalue weighted by Crippen LogP contribution is 2.25. The van der Waals surface area contributed by atoms with Crippen molar-refractivity contribution in [3.63, 3.8) is 0 Å². The first-order chi connectivity index (χ1) is 18.5. The summed E-state index contributed by atoms with van der Waals surface area (Å²) in [6, 6.07) is 0. The lowest BCUT2D eigenvalue weighted by molar-refractivity contribution is -0.929. The summed E-state index contributed by atoms with van der Waals surface area (Å²) in [7, 11) is -4.64. The maximum atomic E-state index is 8.88. The Kier molecular flexibility index (Phi) is 32.9. The highest BCUT2D eigenvalue weighted by Gasteiger charge is 2.25. The second kappa shape index (κ2) is 29.5. The molecule has 39 heavy (non-hydrogen) atoms. The number of quaternary nitrogens is 2. The fourth-order valence-corrected chi connectivity index (χ4v) is 5.29. The first-order valence-electron chi connectivity index (χ1n) is 17.0. The van der Waals surface area contributed by atoms with Crippen LogP contribution in [0.1, 0.15) is 158 Å². The molecule has 0 unspecified atom stereocenters. The molecule has 3 N–H and O–H groups in total. The van der Waals surface area contributed by atoms with Gasteiger partial charge in [-0.05, 0) is 51.4 Å². The molecule has 0 saturated heterocycles. The number of phosphoric acid groups is 1. The third-order valence-electron chi connectivity index (χ3n) is 7.89. The monoisotopic (exact) mass is 583 g/mol. The number of rotatable bonds is 24. The van der Waals surface area contributed by atoms with Crippen LogP contribution in [0.3, 0.4) is 0 Å². The Morgan fingerprint density at radius 1 is 0.359 bits per heavy atom. The molecule has 0 heterocycles. The SMILES string of the molecule is CCCC[N+](CCCC)(CCCC)CCCC.CCCC[N+](CCCC)(CCCC)CCCC.O=P(O)(O)O. The molecule has 0 saturated carbocycles. The van der Waals surface area contributed by atoms with Gasteiger partial charge in [0.15, 0.2) is 0 Å². The van der Waals surface area contributed by atoms with Crippen LogP contribution < -0.4 is 0 Å². The molecule has 0 aliphatic heterocycles. The molecule has 0 aromatic rings. The van der Waals surface area contributed by atoms with Crippen LogP contribution in [0.15, 0.2) is 0 Å². The van der Waals surface area contributed by atoms with Crippen LogP contribution >= 0.6 is 7.82 Å². The lowest BCUT2D eigenvalue weighted by atomic mass is 10.1. The molecular formula is C32H75N2O4P+2. The highest BCUT2D eigenvalue weighted by atomic mass is 31.2. The van der Waals surface area contributed by atoms with E-state index in [1.807, 2.05) is 0 Å². The molecule has 0 radical (unpaired) electrons. The van der Waals surface area contributed by atoms with E-state index in [0.717, 1.165) is 0 Å². The van der Waals surface area contributed by atoms with Gasteiger partial charge >= 0.3 is 7.82 Å². The summed E-state index contributed by atoms with van der Waals surface area (Å²) in [5, 5.41) is 0. The molecule has 0 atom stereocenters. The first kappa shape index (κ1) is 43.5. The van der Waals surface area contributed by atoms with Gasteiger partial charge in [0.1, 0.15) is 0 Å². The van der Waals surface area contributed by atoms with Crippen molar-refractivity contribution in [2.24, 2.45) is 0 Å². The van der Waals surface area contributed by atoms with Crippen molar-refractivity contribution in [1.82, 2.24) is 0 Å². The molecule has 0 aromatic heterocycles. The Morgan fingerprint density at radius 2 is 0.462 bits per heavy atom. The Bertz CT molecular complexity index is 409. The Balaban J connectivity index is -0.000000566. The quantitative estimate of drug-likeness (QED) is 0.0783. The zero-order valence-electron chi connectivity index (χ0n) is 28.1. The van der Waals surface area contributed by atoms with Crippen molar-refractivity contribution >= 4 is 7.82 Å². The Hall–Kier alpha value is 0.0300. The van der Waals surface area contributed by atoms with E-state index in [1.54, 1.807) is 0 Å². The van der Waals surface area contributed by atoms with Gasteiger partial charge in [-0.3, -0.25) is 0 Å². The molecule has 0 aromatic carbocycles. The van der Waals surface area contributed by atoms with Gasteiger partial charge in [0.2, 0.25) is 0 Å². The number of nitrogens with zero attached hydrogens (tertiary/aromatic N) is 2. The molecule has 240 valence electrons. The van der Waals surface area contributed by atoms with E-state index in [4.69, 9.17) is 19.2 Å². The first-order valence-corrected chi connectivity index (χ1v) is 18.5. The molecule has 0 spiro atoms. The average molecular weight is 583 g/mol. The Morgan fingerprint density at radius 3 is 0.538 bits per heavy atom. The minimum atomic E-state index is -4.64. The summed E-state index contributed by atoms with van der Waals surface area (Å²) in [5.74, 6) is 0. The summed E-state index contributed by atoms with van der Waals surface area (Å²) in [6.07, 6.45) is 22.1. The zero-order chi connectivity index (χ0) is 30.5. The van der Waals surface area contributed by atoms with E-state index in [9.17, 15) is 0 Å². The molecule has 0 rings (SSSR count). The third kappa shape index (κ3) is 30.8. The molecule has 7 heteroatoms. The number of unbranched alkanes of at least 4 members (excludes halogenated alkanes) is 8. The standard InChI is InChI=1S/2C16H36N.H3O4P/c2*1-5-9-13-17(14-10-6-2,15-11-7-3)16-12-8-4;1-5(2,3)4/h2*5-16H2,1-4H3;(H3,1,2,3,4)/q2*+1;. The average Bonchev–Trinajstić information content (AvgIpc) is 2.91. The number of hydrogen-bond donors (Lipinski definition) is 3. The van der Waals surface area contributed by atoms with Crippen molar-refractivity contribution in [1.29, 1.82) is 0 Å². The van der Waals surface area contributed by atoms with Crippen molar-refractivity contribution in [3.05, 3.63) is 0 Å². The highest BCUT2D eigenvalue weighted by molar-refractivity contribution is 7.45. The maximum absolute atomic E-state index is 8.88. The summed E-state index contributed by atoms with van der Waals surface area (Å²) >= 11 is 0. The largest absolute Gasteiger partial charge is 0.466 e. The summed E-state index contributed by atoms with van der Waals surface area (Å²) in [5.41, 5.74) is 0. The molecular weight excluding hydrogens is 507 g/mol. The van der Waals surface area contributed by atoms with Crippen LogP contribution in [-0.4, -0.2) is 76.0 Å². The molecule has 0 amide bonds. The van der Waals surface area contributed by atoms with E-state index in [1.165, 1.54) is 164 Å². The predicted molar refractivity (Wildman–Crippen MR) is 173 cm³/mol. The van der Waals surface area contributed by atoms with E-state index < -0.39 is 7.82 Å². The third-order valence-corrected chi connectivity index (χ3v) is 7.89. The Labute approximate surface area is 246 Å². The van der Waals surface area contributed by atoms with Crippen LogP contribution in [0.4, 0.5) is 0 Å². The van der Waals surface area contributed by atoms with Gasteiger partial charge in [0.25, 0.3) is 0 Å². The molecule has 0 bridgehead atoms. The fraction of sp³-hybridized carbons (Fsp3) is 1.00. The maximum Gasteiger partial charge on any atom is 0.466 e. The van der Waals surface area contributed by atoms with Gasteiger partial charge in [-0.2, -0.15) is 0 Å². The van der Waals surface area contributed by atoms with Crippen LogP contribution in [0.25, 0.3) is 0 Å². The van der Waals surface area contributed by atoms with Crippen LogP contribution in [0, 0.1) is 0 Å². The molecule has 0 aliphatic rings. The van der Waals surface area contributed by atoms with E-state index in [2.05, 4.69) is 55.4 Å². The fourth-order valence-electron chi connectivity index (χ4n) is 5.29. The van der Waals surface area contributed by atoms with Gasteiger partial charge < -0.3 is 23.6 Å². The lowest BCUT2D eigenvalue weighted by Crippen LogP contribution is -2.50. The zero-order valence-corrected chi connectivity index (χ0v) is 29.0. The predicted octanol–water partition coefficient (Wildman–Crippen LogP) is 9.08. The van der Waals surface area contributed by atoms with E-state index >= 15 is 0 Å². The molecule has 0 aliphatic carbocycles. The minimum Gasteiger partial charge on any atom is -0.324 e. The van der Waals surface area contributed by atoms with Crippen molar-refractivity contribution < 1.29 is 28.2 Å². The van der Waals surface area contributed by atoms with Gasteiger partial charge in [0.05, 0.1) is 52.4 Å². The van der Waals surface area contributed by atoms with Crippen LogP contribution in [0.5, 0.6) is 0 Å². The summed E-state index contributed by atoms with van der Waals surface area (Å²) < 4.78 is 11.7. The lowest BCUT2D eigenvalue weighted by Gasteiger charge is -2.39. The van der Waals surface area contributed by atoms with Gasteiger partial charge in [-0.25, -0.2) is 4.57 Å². The summed E-state index contributed by atoms with van der Waals surface area (Å²) in [4.78, 5) is 21.6. The van der Waals surface area contributed by atoms with Crippen molar-refractivity contribution in [2.45, 2.75) is 158 Å². The van der Waals surface area contributed by atoms with E-state index in [-0.39, 0.29) is 0 Å². The molecule has 6 nitrogen and oxygen atoms in total. The molecule has 0 fully saturated rings. The second-order valence-electron chi connectivity index (χ2n) is 11.8. The normalized spacial score (nSPS) is 12.0. The van der Waals surface area contributed by atoms with Crippen molar-refractivity contribution in [3.8, 4) is 0 Å². The summed E-state index contributed by atoms with van der Waals surface area (Å²) in [6.45, 7) is 30.0. The van der Waals surface area contributed by atoms with Gasteiger partial charge in [-0.15, -0.1) is 0 Å².